The first-order chi connectivity index (χ1) is 8.66. The van der Waals surface area contributed by atoms with Crippen LogP contribution in [0.1, 0.15) is 12.6 Å². The van der Waals surface area contributed by atoms with Gasteiger partial charge in [-0.25, -0.2) is 0 Å². The molecule has 1 fully saturated rings. The van der Waals surface area contributed by atoms with Crippen LogP contribution in [0.4, 0.5) is 5.69 Å². The average molecular weight is 242 g/mol. The van der Waals surface area contributed by atoms with E-state index in [0.29, 0.717) is 0 Å². The molecule has 1 aliphatic heterocycles. The molecule has 94 valence electrons. The molecular weight excluding hydrogens is 224 g/mol. The molecule has 1 aromatic heterocycles. The van der Waals surface area contributed by atoms with Crippen LogP contribution < -0.4 is 5.32 Å². The number of aromatic nitrogens is 1. The van der Waals surface area contributed by atoms with Crippen molar-refractivity contribution < 1.29 is 4.74 Å². The molecule has 0 unspecified atom stereocenters. The number of anilines is 1. The van der Waals surface area contributed by atoms with Gasteiger partial charge in [0.2, 0.25) is 0 Å². The van der Waals surface area contributed by atoms with E-state index in [1.165, 1.54) is 5.39 Å². The van der Waals surface area contributed by atoms with Gasteiger partial charge in [-0.1, -0.05) is 25.1 Å². The molecule has 3 rings (SSSR count). The Labute approximate surface area is 107 Å². The standard InChI is InChI=1S/C15H18N2O/c1-11-6-7-12-4-3-5-13(14(12)17-11)16-8-15(2)9-18-10-15/h3-7,16H,8-10H2,1-2H3. The second-order valence-corrected chi connectivity index (χ2v) is 5.49. The van der Waals surface area contributed by atoms with E-state index in [1.807, 2.05) is 13.0 Å². The molecule has 1 aliphatic rings. The zero-order valence-electron chi connectivity index (χ0n) is 10.9. The number of rotatable bonds is 3. The largest absolute Gasteiger partial charge is 0.383 e. The number of pyridine rings is 1. The minimum absolute atomic E-state index is 0.270. The van der Waals surface area contributed by atoms with Crippen molar-refractivity contribution in [1.82, 2.24) is 4.98 Å². The Bertz CT molecular complexity index is 576. The van der Waals surface area contributed by atoms with Gasteiger partial charge in [-0.2, -0.15) is 0 Å². The number of hydrogen-bond donors (Lipinski definition) is 1. The highest BCUT2D eigenvalue weighted by molar-refractivity contribution is 5.90. The fraction of sp³-hybridized carbons (Fsp3) is 0.400. The average Bonchev–Trinajstić information content (AvgIpc) is 2.34. The summed E-state index contributed by atoms with van der Waals surface area (Å²) in [7, 11) is 0. The SMILES string of the molecule is Cc1ccc2cccc(NCC3(C)COC3)c2n1. The van der Waals surface area contributed by atoms with Gasteiger partial charge in [0, 0.05) is 23.0 Å². The zero-order chi connectivity index (χ0) is 12.6. The van der Waals surface area contributed by atoms with Crippen LogP contribution >= 0.6 is 0 Å². The molecule has 0 spiro atoms. The van der Waals surface area contributed by atoms with Crippen molar-refractivity contribution in [2.24, 2.45) is 5.41 Å². The van der Waals surface area contributed by atoms with E-state index in [2.05, 4.69) is 41.5 Å². The van der Waals surface area contributed by atoms with Gasteiger partial charge >= 0.3 is 0 Å². The fourth-order valence-corrected chi connectivity index (χ4v) is 2.25. The van der Waals surface area contributed by atoms with Crippen molar-refractivity contribution in [3.63, 3.8) is 0 Å². The van der Waals surface area contributed by atoms with Gasteiger partial charge in [0.1, 0.15) is 0 Å². The first kappa shape index (κ1) is 11.5. The third-order valence-electron chi connectivity index (χ3n) is 3.47. The predicted octanol–water partition coefficient (Wildman–Crippen LogP) is 2.99. The third kappa shape index (κ3) is 2.06. The molecule has 0 aliphatic carbocycles. The number of ether oxygens (including phenoxy) is 1. The normalized spacial score (nSPS) is 17.4. The lowest BCUT2D eigenvalue weighted by molar-refractivity contribution is -0.0924. The number of hydrogen-bond acceptors (Lipinski definition) is 3. The van der Waals surface area contributed by atoms with Crippen LogP contribution in [-0.4, -0.2) is 24.7 Å². The van der Waals surface area contributed by atoms with E-state index in [1.54, 1.807) is 0 Å². The Balaban J connectivity index is 1.88. The zero-order valence-corrected chi connectivity index (χ0v) is 10.9. The first-order valence-electron chi connectivity index (χ1n) is 6.34. The first-order valence-corrected chi connectivity index (χ1v) is 6.34. The summed E-state index contributed by atoms with van der Waals surface area (Å²) >= 11 is 0. The number of fused-ring (bicyclic) bond motifs is 1. The predicted molar refractivity (Wildman–Crippen MR) is 73.9 cm³/mol. The number of aryl methyl sites for hydroxylation is 1. The van der Waals surface area contributed by atoms with Gasteiger partial charge in [0.15, 0.2) is 0 Å². The number of nitrogens with zero attached hydrogens (tertiary/aromatic N) is 1. The molecule has 1 aromatic carbocycles. The van der Waals surface area contributed by atoms with Crippen molar-refractivity contribution >= 4 is 16.6 Å². The maximum absolute atomic E-state index is 5.28. The second-order valence-electron chi connectivity index (χ2n) is 5.49. The summed E-state index contributed by atoms with van der Waals surface area (Å²) in [6.45, 7) is 6.89. The molecule has 3 nitrogen and oxygen atoms in total. The molecule has 2 aromatic rings. The lowest BCUT2D eigenvalue weighted by Gasteiger charge is -2.38. The highest BCUT2D eigenvalue weighted by Gasteiger charge is 2.33. The maximum atomic E-state index is 5.28. The summed E-state index contributed by atoms with van der Waals surface area (Å²) < 4.78 is 5.28. The molecule has 0 radical (unpaired) electrons. The van der Waals surface area contributed by atoms with E-state index < -0.39 is 0 Å². The van der Waals surface area contributed by atoms with Gasteiger partial charge in [0.25, 0.3) is 0 Å². The lowest BCUT2D eigenvalue weighted by atomic mass is 9.88. The van der Waals surface area contributed by atoms with Crippen LogP contribution in [0, 0.1) is 12.3 Å². The van der Waals surface area contributed by atoms with Crippen LogP contribution in [0.5, 0.6) is 0 Å². The number of benzene rings is 1. The molecule has 0 saturated carbocycles. The minimum atomic E-state index is 0.270. The molecule has 0 bridgehead atoms. The van der Waals surface area contributed by atoms with E-state index in [-0.39, 0.29) is 5.41 Å². The fourth-order valence-electron chi connectivity index (χ4n) is 2.25. The van der Waals surface area contributed by atoms with Crippen molar-refractivity contribution in [2.45, 2.75) is 13.8 Å². The lowest BCUT2D eigenvalue weighted by Crippen LogP contribution is -2.45. The van der Waals surface area contributed by atoms with E-state index in [4.69, 9.17) is 4.74 Å². The monoisotopic (exact) mass is 242 g/mol. The van der Waals surface area contributed by atoms with Crippen molar-refractivity contribution in [1.29, 1.82) is 0 Å². The highest BCUT2D eigenvalue weighted by Crippen LogP contribution is 2.28. The summed E-state index contributed by atoms with van der Waals surface area (Å²) in [6, 6.07) is 10.4. The van der Waals surface area contributed by atoms with Crippen LogP contribution in [0.25, 0.3) is 10.9 Å². The molecule has 3 heteroatoms. The molecule has 0 atom stereocenters. The summed E-state index contributed by atoms with van der Waals surface area (Å²) in [6.07, 6.45) is 0. The van der Waals surface area contributed by atoms with Crippen LogP contribution in [0.2, 0.25) is 0 Å². The summed E-state index contributed by atoms with van der Waals surface area (Å²) in [4.78, 5) is 4.63. The Hall–Kier alpha value is -1.61. The van der Waals surface area contributed by atoms with E-state index >= 15 is 0 Å². The summed E-state index contributed by atoms with van der Waals surface area (Å²) in [5, 5.41) is 4.70. The molecular formula is C15H18N2O. The second kappa shape index (κ2) is 4.25. The smallest absolute Gasteiger partial charge is 0.0936 e. The number of nitrogens with one attached hydrogen (secondary N) is 1. The van der Waals surface area contributed by atoms with Crippen LogP contribution in [0.3, 0.4) is 0 Å². The van der Waals surface area contributed by atoms with Gasteiger partial charge in [-0.05, 0) is 19.1 Å². The summed E-state index contributed by atoms with van der Waals surface area (Å²) in [5.74, 6) is 0. The Morgan fingerprint density at radius 3 is 2.83 bits per heavy atom. The van der Waals surface area contributed by atoms with Crippen molar-refractivity contribution in [3.8, 4) is 0 Å². The Morgan fingerprint density at radius 1 is 1.28 bits per heavy atom. The van der Waals surface area contributed by atoms with Gasteiger partial charge < -0.3 is 10.1 Å². The molecule has 0 amide bonds. The highest BCUT2D eigenvalue weighted by atomic mass is 16.5. The molecule has 1 N–H and O–H groups in total. The third-order valence-corrected chi connectivity index (χ3v) is 3.47. The Morgan fingerprint density at radius 2 is 2.11 bits per heavy atom. The molecule has 2 heterocycles. The maximum Gasteiger partial charge on any atom is 0.0936 e. The van der Waals surface area contributed by atoms with Crippen LogP contribution in [0.15, 0.2) is 30.3 Å². The van der Waals surface area contributed by atoms with Gasteiger partial charge in [0.05, 0.1) is 24.4 Å². The molecule has 18 heavy (non-hydrogen) atoms. The topological polar surface area (TPSA) is 34.1 Å². The van der Waals surface area contributed by atoms with E-state index in [9.17, 15) is 0 Å². The van der Waals surface area contributed by atoms with Crippen LogP contribution in [-0.2, 0) is 4.74 Å². The van der Waals surface area contributed by atoms with E-state index in [0.717, 1.165) is 36.7 Å². The summed E-state index contributed by atoms with van der Waals surface area (Å²) in [5.41, 5.74) is 3.49. The molecule has 1 saturated heterocycles. The Kier molecular flexibility index (Phi) is 2.71. The van der Waals surface area contributed by atoms with Gasteiger partial charge in [-0.15, -0.1) is 0 Å². The number of para-hydroxylation sites is 1. The minimum Gasteiger partial charge on any atom is -0.383 e. The quantitative estimate of drug-likeness (QED) is 0.898. The van der Waals surface area contributed by atoms with Crippen molar-refractivity contribution in [3.05, 3.63) is 36.0 Å². The van der Waals surface area contributed by atoms with Crippen molar-refractivity contribution in [2.75, 3.05) is 25.1 Å². The van der Waals surface area contributed by atoms with Gasteiger partial charge in [-0.3, -0.25) is 4.98 Å².